The lowest BCUT2D eigenvalue weighted by Gasteiger charge is -1.97. The predicted molar refractivity (Wildman–Crippen MR) is 47.5 cm³/mol. The van der Waals surface area contributed by atoms with Crippen molar-refractivity contribution in [2.75, 3.05) is 7.05 Å². The predicted octanol–water partition coefficient (Wildman–Crippen LogP) is 2.38. The molecule has 0 bridgehead atoms. The Kier molecular flexibility index (Phi) is 4.21. The molecule has 0 unspecified atom stereocenters. The molecule has 0 spiro atoms. The first-order valence-corrected chi connectivity index (χ1v) is 3.18. The molecule has 10 heavy (non-hydrogen) atoms. The molecule has 0 amide bonds. The fraction of sp³-hybridized carbons (Fsp3) is 0.222. The molecule has 0 aliphatic carbocycles. The second kappa shape index (κ2) is 4.74. The maximum absolute atomic E-state index is 4.01. The van der Waals surface area contributed by atoms with Crippen molar-refractivity contribution in [2.24, 2.45) is 4.99 Å². The van der Waals surface area contributed by atoms with Crippen LogP contribution in [0.15, 0.2) is 42.0 Å². The van der Waals surface area contributed by atoms with Crippen molar-refractivity contribution < 1.29 is 0 Å². The highest BCUT2D eigenvalue weighted by Crippen LogP contribution is 1.99. The average Bonchev–Trinajstić information content (AvgIpc) is 2.00. The van der Waals surface area contributed by atoms with E-state index in [2.05, 4.69) is 18.2 Å². The van der Waals surface area contributed by atoms with Crippen LogP contribution < -0.4 is 0 Å². The van der Waals surface area contributed by atoms with Crippen LogP contribution in [0.1, 0.15) is 6.92 Å². The number of nitrogens with zero attached hydrogens (tertiary/aromatic N) is 1. The van der Waals surface area contributed by atoms with Gasteiger partial charge in [0.25, 0.3) is 0 Å². The molecule has 0 heterocycles. The summed E-state index contributed by atoms with van der Waals surface area (Å²) in [7, 11) is 1.74. The molecular formula is C9H13N. The topological polar surface area (TPSA) is 12.4 Å². The summed E-state index contributed by atoms with van der Waals surface area (Å²) in [5, 5.41) is 0. The lowest BCUT2D eigenvalue weighted by molar-refractivity contribution is 1.43. The van der Waals surface area contributed by atoms with Gasteiger partial charge in [-0.1, -0.05) is 25.3 Å². The van der Waals surface area contributed by atoms with Crippen LogP contribution in [0.2, 0.25) is 0 Å². The van der Waals surface area contributed by atoms with Gasteiger partial charge in [-0.2, -0.15) is 0 Å². The summed E-state index contributed by atoms with van der Waals surface area (Å²) in [6.45, 7) is 9.23. The Labute approximate surface area is 62.5 Å². The zero-order valence-corrected chi connectivity index (χ0v) is 6.59. The van der Waals surface area contributed by atoms with Crippen LogP contribution in [0, 0.1) is 0 Å². The summed E-state index contributed by atoms with van der Waals surface area (Å²) in [4.78, 5) is 4.01. The number of hydrogen-bond donors (Lipinski definition) is 0. The normalized spacial score (nSPS) is 13.0. The van der Waals surface area contributed by atoms with E-state index in [4.69, 9.17) is 0 Å². The summed E-state index contributed by atoms with van der Waals surface area (Å²) in [5.41, 5.74) is 1.91. The van der Waals surface area contributed by atoms with E-state index in [9.17, 15) is 0 Å². The Balaban J connectivity index is 4.58. The van der Waals surface area contributed by atoms with Gasteiger partial charge in [-0.05, 0) is 18.6 Å². The summed E-state index contributed by atoms with van der Waals surface area (Å²) in [6.07, 6.45) is 5.44. The molecule has 0 saturated heterocycles. The molecule has 0 N–H and O–H groups in total. The van der Waals surface area contributed by atoms with Crippen LogP contribution in [0.5, 0.6) is 0 Å². The summed E-state index contributed by atoms with van der Waals surface area (Å²) in [6, 6.07) is 0. The third-order valence-corrected chi connectivity index (χ3v) is 1.26. The van der Waals surface area contributed by atoms with Crippen molar-refractivity contribution in [3.05, 3.63) is 37.0 Å². The van der Waals surface area contributed by atoms with Gasteiger partial charge in [0.1, 0.15) is 0 Å². The average molecular weight is 135 g/mol. The highest BCUT2D eigenvalue weighted by Gasteiger charge is 1.93. The maximum Gasteiger partial charge on any atom is 0.0633 e. The minimum Gasteiger partial charge on any atom is -0.288 e. The van der Waals surface area contributed by atoms with Crippen LogP contribution in [-0.2, 0) is 0 Å². The van der Waals surface area contributed by atoms with Gasteiger partial charge in [0, 0.05) is 7.05 Å². The highest BCUT2D eigenvalue weighted by molar-refractivity contribution is 6.09. The molecule has 54 valence electrons. The van der Waals surface area contributed by atoms with E-state index in [1.165, 1.54) is 0 Å². The molecule has 1 heteroatoms. The fourth-order valence-corrected chi connectivity index (χ4v) is 0.709. The Hall–Kier alpha value is -1.11. The lowest BCUT2D eigenvalue weighted by atomic mass is 10.1. The number of hydrogen-bond acceptors (Lipinski definition) is 1. The number of aliphatic imine (C=N–C) groups is 1. The van der Waals surface area contributed by atoms with Gasteiger partial charge in [0.05, 0.1) is 5.71 Å². The zero-order chi connectivity index (χ0) is 7.98. The quantitative estimate of drug-likeness (QED) is 0.416. The molecule has 0 atom stereocenters. The van der Waals surface area contributed by atoms with Gasteiger partial charge in [0.2, 0.25) is 0 Å². The van der Waals surface area contributed by atoms with E-state index >= 15 is 0 Å². The van der Waals surface area contributed by atoms with Crippen LogP contribution in [-0.4, -0.2) is 12.8 Å². The largest absolute Gasteiger partial charge is 0.288 e. The molecule has 0 radical (unpaired) electrons. The third-order valence-electron chi connectivity index (χ3n) is 1.26. The smallest absolute Gasteiger partial charge is 0.0633 e. The molecule has 0 aromatic heterocycles. The second-order valence-corrected chi connectivity index (χ2v) is 1.76. The van der Waals surface area contributed by atoms with E-state index < -0.39 is 0 Å². The molecular weight excluding hydrogens is 122 g/mol. The molecule has 0 rings (SSSR count). The minimum absolute atomic E-state index is 0.887. The maximum atomic E-state index is 4.01. The van der Waals surface area contributed by atoms with Crippen molar-refractivity contribution in [2.45, 2.75) is 6.92 Å². The Bertz CT molecular complexity index is 163. The van der Waals surface area contributed by atoms with Gasteiger partial charge in [-0.25, -0.2) is 0 Å². The second-order valence-electron chi connectivity index (χ2n) is 1.76. The van der Waals surface area contributed by atoms with Gasteiger partial charge in [-0.15, -0.1) is 0 Å². The summed E-state index contributed by atoms with van der Waals surface area (Å²) >= 11 is 0. The molecule has 0 aliphatic heterocycles. The molecule has 0 aliphatic rings. The highest BCUT2D eigenvalue weighted by atomic mass is 14.7. The number of rotatable bonds is 3. The third kappa shape index (κ3) is 2.02. The summed E-state index contributed by atoms with van der Waals surface area (Å²) < 4.78 is 0. The van der Waals surface area contributed by atoms with E-state index in [-0.39, 0.29) is 0 Å². The van der Waals surface area contributed by atoms with Gasteiger partial charge in [-0.3, -0.25) is 4.99 Å². The Morgan fingerprint density at radius 2 is 1.90 bits per heavy atom. The molecule has 0 aromatic carbocycles. The van der Waals surface area contributed by atoms with E-state index in [1.54, 1.807) is 19.2 Å². The van der Waals surface area contributed by atoms with E-state index in [1.807, 2.05) is 13.0 Å². The van der Waals surface area contributed by atoms with Crippen LogP contribution in [0.4, 0.5) is 0 Å². The first-order chi connectivity index (χ1) is 4.79. The molecule has 0 fully saturated rings. The monoisotopic (exact) mass is 135 g/mol. The van der Waals surface area contributed by atoms with Gasteiger partial charge in [0.15, 0.2) is 0 Å². The molecule has 0 aromatic rings. The van der Waals surface area contributed by atoms with Crippen molar-refractivity contribution in [1.29, 1.82) is 0 Å². The lowest BCUT2D eigenvalue weighted by Crippen LogP contribution is -1.94. The van der Waals surface area contributed by atoms with Crippen LogP contribution >= 0.6 is 0 Å². The fourth-order valence-electron chi connectivity index (χ4n) is 0.709. The minimum atomic E-state index is 0.887. The van der Waals surface area contributed by atoms with Crippen molar-refractivity contribution in [3.8, 4) is 0 Å². The van der Waals surface area contributed by atoms with Crippen molar-refractivity contribution in [1.82, 2.24) is 0 Å². The van der Waals surface area contributed by atoms with Gasteiger partial charge < -0.3 is 0 Å². The zero-order valence-electron chi connectivity index (χ0n) is 6.59. The van der Waals surface area contributed by atoms with Crippen molar-refractivity contribution >= 4 is 5.71 Å². The Morgan fingerprint density at radius 3 is 2.00 bits per heavy atom. The van der Waals surface area contributed by atoms with E-state index in [0.717, 1.165) is 11.3 Å². The molecule has 0 saturated carbocycles. The Morgan fingerprint density at radius 1 is 1.30 bits per heavy atom. The van der Waals surface area contributed by atoms with Crippen molar-refractivity contribution in [3.63, 3.8) is 0 Å². The first-order valence-electron chi connectivity index (χ1n) is 3.18. The SMILES string of the molecule is C=CC(=NC)/C(C=C)=C\C. The summed E-state index contributed by atoms with van der Waals surface area (Å²) in [5.74, 6) is 0. The van der Waals surface area contributed by atoms with E-state index in [0.29, 0.717) is 0 Å². The first kappa shape index (κ1) is 8.89. The standard InChI is InChI=1S/C9H13N/c1-5-8(6-2)9(7-3)10-4/h5-7H,1,3H2,2,4H3/b8-6-,10-9?. The van der Waals surface area contributed by atoms with Crippen LogP contribution in [0.3, 0.4) is 0 Å². The molecule has 1 nitrogen and oxygen atoms in total. The van der Waals surface area contributed by atoms with Crippen LogP contribution in [0.25, 0.3) is 0 Å². The van der Waals surface area contributed by atoms with Gasteiger partial charge >= 0.3 is 0 Å². The number of allylic oxidation sites excluding steroid dienone is 4.